The van der Waals surface area contributed by atoms with Crippen molar-refractivity contribution in [3.63, 3.8) is 0 Å². The van der Waals surface area contributed by atoms with Crippen LogP contribution in [-0.4, -0.2) is 85.9 Å². The quantitative estimate of drug-likeness (QED) is 0.0184. The van der Waals surface area contributed by atoms with Crippen molar-refractivity contribution in [2.45, 2.75) is 155 Å². The summed E-state index contributed by atoms with van der Waals surface area (Å²) in [4.78, 5) is 64.3. The van der Waals surface area contributed by atoms with Crippen LogP contribution in [0.25, 0.3) is 10.4 Å². The summed E-state index contributed by atoms with van der Waals surface area (Å²) >= 11 is 0. The first kappa shape index (κ1) is 45.7. The summed E-state index contributed by atoms with van der Waals surface area (Å²) in [5.74, 6) is -3.72. The number of benzene rings is 1. The lowest BCUT2D eigenvalue weighted by atomic mass is 9.98. The average Bonchev–Trinajstić information content (AvgIpc) is 3.12. The number of esters is 5. The molecule has 0 amide bonds. The van der Waals surface area contributed by atoms with Gasteiger partial charge in [-0.25, -0.2) is 4.79 Å². The third-order valence-corrected chi connectivity index (χ3v) is 8.51. The molecule has 0 aliphatic carbocycles. The molecule has 2 unspecified atom stereocenters. The largest absolute Gasteiger partial charge is 0.463 e. The number of ether oxygens (including phenoxy) is 7. The number of rotatable bonds is 25. The summed E-state index contributed by atoms with van der Waals surface area (Å²) in [6.07, 6.45) is 9.26. The lowest BCUT2D eigenvalue weighted by molar-refractivity contribution is -0.309. The van der Waals surface area contributed by atoms with Crippen LogP contribution in [0.5, 0.6) is 0 Å². The Balaban J connectivity index is 2.25. The number of carbonyl (C=O) groups is 5. The molecule has 1 heterocycles. The predicted molar refractivity (Wildman–Crippen MR) is 197 cm³/mol. The molecule has 1 saturated heterocycles. The standard InChI is InChI=1S/C39H57N3O12/c1-6-7-8-9-10-11-12-13-14-15-16-17-21-24-33(53-38(47)31-22-19-18-20-23-31)32(41-42-40)25-49-39-37(52-30(5)46)36(51-29(4)45)35(50-28(3)44)34(54-39)26-48-27(2)43/h18-24,32-37,39H,6-17,25-26H2,1-5H3/t32?,33?,34-,35-,36+,37-,39-/m1/s1. The SMILES string of the molecule is CCCCCCCCCCCCCC=CC(OC(=O)c1ccccc1)C(CO[C@@H]1O[C@H](COC(C)=O)[C@@H](OC(C)=O)[C@H](OC(C)=O)[C@H]1OC(C)=O)N=[N+]=[N-]. The maximum Gasteiger partial charge on any atom is 0.338 e. The van der Waals surface area contributed by atoms with Gasteiger partial charge >= 0.3 is 29.8 Å². The minimum atomic E-state index is -1.52. The number of azide groups is 1. The molecule has 54 heavy (non-hydrogen) atoms. The second kappa shape index (κ2) is 26.3. The maximum atomic E-state index is 13.2. The highest BCUT2D eigenvalue weighted by Gasteiger charge is 2.53. The van der Waals surface area contributed by atoms with Crippen LogP contribution < -0.4 is 0 Å². The van der Waals surface area contributed by atoms with Gasteiger partial charge in [-0.15, -0.1) is 0 Å². The molecule has 1 aliphatic rings. The van der Waals surface area contributed by atoms with Crippen LogP contribution >= 0.6 is 0 Å². The fourth-order valence-electron chi connectivity index (χ4n) is 5.95. The van der Waals surface area contributed by atoms with E-state index in [1.54, 1.807) is 36.4 Å². The molecule has 1 aliphatic heterocycles. The van der Waals surface area contributed by atoms with E-state index in [1.807, 2.05) is 6.08 Å². The van der Waals surface area contributed by atoms with Crippen molar-refractivity contribution >= 4 is 29.8 Å². The van der Waals surface area contributed by atoms with Crippen molar-refractivity contribution in [3.05, 3.63) is 58.5 Å². The Kier molecular flexibility index (Phi) is 22.3. The van der Waals surface area contributed by atoms with Crippen LogP contribution in [0.15, 0.2) is 47.6 Å². The highest BCUT2D eigenvalue weighted by atomic mass is 16.7. The fraction of sp³-hybridized carbons (Fsp3) is 0.667. The van der Waals surface area contributed by atoms with E-state index in [2.05, 4.69) is 16.9 Å². The van der Waals surface area contributed by atoms with Crippen molar-refractivity contribution in [2.75, 3.05) is 13.2 Å². The van der Waals surface area contributed by atoms with Crippen LogP contribution in [0.3, 0.4) is 0 Å². The van der Waals surface area contributed by atoms with Gasteiger partial charge in [0.1, 0.15) is 24.9 Å². The van der Waals surface area contributed by atoms with Gasteiger partial charge in [0.05, 0.1) is 12.2 Å². The van der Waals surface area contributed by atoms with Gasteiger partial charge in [-0.2, -0.15) is 0 Å². The number of allylic oxidation sites excluding steroid dienone is 1. The van der Waals surface area contributed by atoms with Crippen molar-refractivity contribution in [3.8, 4) is 0 Å². The van der Waals surface area contributed by atoms with Crippen LogP contribution in [0, 0.1) is 0 Å². The summed E-state index contributed by atoms with van der Waals surface area (Å²) < 4.78 is 39.3. The first-order valence-corrected chi connectivity index (χ1v) is 18.9. The van der Waals surface area contributed by atoms with Gasteiger partial charge in [-0.3, -0.25) is 19.2 Å². The Morgan fingerprint density at radius 1 is 0.778 bits per heavy atom. The minimum absolute atomic E-state index is 0.279. The molecule has 1 aromatic rings. The summed E-state index contributed by atoms with van der Waals surface area (Å²) in [7, 11) is 0. The normalized spacial score (nSPS) is 20.6. The molecule has 15 heteroatoms. The first-order chi connectivity index (χ1) is 26.0. The molecule has 1 fully saturated rings. The Hall–Kier alpha value is -4.46. The van der Waals surface area contributed by atoms with Crippen LogP contribution in [0.4, 0.5) is 0 Å². The molecule has 0 saturated carbocycles. The molecule has 0 aromatic heterocycles. The zero-order valence-electron chi connectivity index (χ0n) is 32.2. The Bertz CT molecular complexity index is 1380. The van der Waals surface area contributed by atoms with E-state index in [0.29, 0.717) is 6.42 Å². The van der Waals surface area contributed by atoms with E-state index in [1.165, 1.54) is 51.4 Å². The molecule has 300 valence electrons. The molecule has 2 rings (SSSR count). The summed E-state index contributed by atoms with van der Waals surface area (Å²) in [5.41, 5.74) is 9.81. The molecule has 7 atom stereocenters. The second-order valence-electron chi connectivity index (χ2n) is 13.2. The molecular weight excluding hydrogens is 702 g/mol. The number of carbonyl (C=O) groups excluding carboxylic acids is 5. The number of nitrogens with zero attached hydrogens (tertiary/aromatic N) is 3. The van der Waals surface area contributed by atoms with Crippen molar-refractivity contribution in [2.24, 2.45) is 5.11 Å². The van der Waals surface area contributed by atoms with Gasteiger partial charge < -0.3 is 33.2 Å². The van der Waals surface area contributed by atoms with E-state index in [-0.39, 0.29) is 5.56 Å². The number of hydrogen-bond donors (Lipinski definition) is 0. The Morgan fingerprint density at radius 3 is 1.89 bits per heavy atom. The van der Waals surface area contributed by atoms with Gasteiger partial charge in [-0.05, 0) is 36.6 Å². The Morgan fingerprint density at radius 2 is 1.33 bits per heavy atom. The van der Waals surface area contributed by atoms with Gasteiger partial charge in [0.2, 0.25) is 0 Å². The minimum Gasteiger partial charge on any atom is -0.463 e. The molecule has 0 spiro atoms. The third-order valence-electron chi connectivity index (χ3n) is 8.51. The Labute approximate surface area is 318 Å². The van der Waals surface area contributed by atoms with Gasteiger partial charge in [0.15, 0.2) is 24.6 Å². The van der Waals surface area contributed by atoms with Crippen LogP contribution in [-0.2, 0) is 52.3 Å². The average molecular weight is 760 g/mol. The van der Waals surface area contributed by atoms with Crippen molar-refractivity contribution in [1.82, 2.24) is 0 Å². The maximum absolute atomic E-state index is 13.2. The first-order valence-electron chi connectivity index (χ1n) is 18.9. The zero-order valence-corrected chi connectivity index (χ0v) is 32.2. The van der Waals surface area contributed by atoms with Gasteiger partial charge in [0, 0.05) is 32.6 Å². The molecule has 0 radical (unpaired) electrons. The van der Waals surface area contributed by atoms with Gasteiger partial charge in [0.25, 0.3) is 0 Å². The second-order valence-corrected chi connectivity index (χ2v) is 13.2. The topological polar surface area (TPSA) is 199 Å². The van der Waals surface area contributed by atoms with E-state index in [4.69, 9.17) is 33.2 Å². The van der Waals surface area contributed by atoms with Crippen LogP contribution in [0.1, 0.15) is 122 Å². The molecule has 15 nitrogen and oxygen atoms in total. The predicted octanol–water partition coefficient (Wildman–Crippen LogP) is 7.25. The molecule has 1 aromatic carbocycles. The summed E-state index contributed by atoms with van der Waals surface area (Å²) in [6, 6.07) is 7.16. The highest BCUT2D eigenvalue weighted by molar-refractivity contribution is 5.89. The van der Waals surface area contributed by atoms with Gasteiger partial charge in [-0.1, -0.05) is 101 Å². The third kappa shape index (κ3) is 18.0. The van der Waals surface area contributed by atoms with E-state index in [0.717, 1.165) is 47.0 Å². The fourth-order valence-corrected chi connectivity index (χ4v) is 5.95. The van der Waals surface area contributed by atoms with Crippen LogP contribution in [0.2, 0.25) is 0 Å². The number of unbranched alkanes of at least 4 members (excludes halogenated alkanes) is 11. The molecular formula is C39H57N3O12. The zero-order chi connectivity index (χ0) is 39.7. The van der Waals surface area contributed by atoms with Crippen molar-refractivity contribution < 1.29 is 57.1 Å². The van der Waals surface area contributed by atoms with Crippen molar-refractivity contribution in [1.29, 1.82) is 0 Å². The highest BCUT2D eigenvalue weighted by Crippen LogP contribution is 2.30. The lowest BCUT2D eigenvalue weighted by Gasteiger charge is -2.44. The molecule has 0 N–H and O–H groups in total. The molecule has 0 bridgehead atoms. The number of hydrogen-bond acceptors (Lipinski definition) is 13. The summed E-state index contributed by atoms with van der Waals surface area (Å²) in [6.45, 7) is 5.82. The smallest absolute Gasteiger partial charge is 0.338 e. The van der Waals surface area contributed by atoms with E-state index < -0.39 is 85.9 Å². The summed E-state index contributed by atoms with van der Waals surface area (Å²) in [5, 5.41) is 3.86. The van der Waals surface area contributed by atoms with E-state index >= 15 is 0 Å². The monoisotopic (exact) mass is 759 g/mol. The lowest BCUT2D eigenvalue weighted by Crippen LogP contribution is -2.63. The van der Waals surface area contributed by atoms with E-state index in [9.17, 15) is 29.5 Å².